The van der Waals surface area contributed by atoms with E-state index >= 15 is 0 Å². The van der Waals surface area contributed by atoms with Crippen LogP contribution in [-0.2, 0) is 4.79 Å². The Hall–Kier alpha value is -1.99. The molecule has 2 aromatic rings. The van der Waals surface area contributed by atoms with Gasteiger partial charge < -0.3 is 20.5 Å². The van der Waals surface area contributed by atoms with Gasteiger partial charge in [-0.1, -0.05) is 0 Å². The number of pyridine rings is 1. The Kier molecular flexibility index (Phi) is 4.44. The minimum absolute atomic E-state index is 0.0396. The van der Waals surface area contributed by atoms with E-state index in [-0.39, 0.29) is 11.9 Å². The molecule has 1 atom stereocenters. The Bertz CT molecular complexity index is 765. The Morgan fingerprint density at radius 1 is 1.42 bits per heavy atom. The minimum atomic E-state index is 0.0396. The number of rotatable bonds is 3. The number of nitrogens with one attached hydrogen (secondary N) is 3. The zero-order valence-electron chi connectivity index (χ0n) is 13.4. The topological polar surface area (TPSA) is 73.1 Å². The molecule has 2 aliphatic rings. The lowest BCUT2D eigenvalue weighted by Gasteiger charge is -2.28. The highest BCUT2D eigenvalue weighted by atomic mass is 32.2. The predicted molar refractivity (Wildman–Crippen MR) is 98.0 cm³/mol. The van der Waals surface area contributed by atoms with Gasteiger partial charge in [0.1, 0.15) is 5.65 Å². The van der Waals surface area contributed by atoms with Crippen LogP contribution in [0.1, 0.15) is 12.8 Å². The van der Waals surface area contributed by atoms with Gasteiger partial charge in [0.2, 0.25) is 0 Å². The third-order valence-corrected chi connectivity index (χ3v) is 5.45. The average molecular weight is 343 g/mol. The van der Waals surface area contributed by atoms with E-state index in [4.69, 9.17) is 0 Å². The molecule has 4 heterocycles. The van der Waals surface area contributed by atoms with Crippen molar-refractivity contribution in [2.24, 2.45) is 0 Å². The van der Waals surface area contributed by atoms with Crippen LogP contribution in [0.4, 0.5) is 5.69 Å². The lowest BCUT2D eigenvalue weighted by atomic mass is 10.1. The molecule has 1 amide bonds. The summed E-state index contributed by atoms with van der Waals surface area (Å²) in [7, 11) is 0. The highest BCUT2D eigenvalue weighted by Gasteiger charge is 2.22. The van der Waals surface area contributed by atoms with Gasteiger partial charge in [0.25, 0.3) is 5.91 Å². The highest BCUT2D eigenvalue weighted by Crippen LogP contribution is 2.30. The smallest absolute Gasteiger partial charge is 0.259 e. The normalized spacial score (nSPS) is 21.6. The number of fused-ring (bicyclic) bond motifs is 1. The quantitative estimate of drug-likeness (QED) is 0.793. The predicted octanol–water partition coefficient (Wildman–Crippen LogP) is 1.83. The van der Waals surface area contributed by atoms with Gasteiger partial charge in [-0.2, -0.15) is 0 Å². The Balaban J connectivity index is 1.54. The fourth-order valence-corrected chi connectivity index (χ4v) is 4.14. The number of H-pyrrole nitrogens is 1. The second-order valence-corrected chi connectivity index (χ2v) is 7.26. The first kappa shape index (κ1) is 15.5. The summed E-state index contributed by atoms with van der Waals surface area (Å²) < 4.78 is 0. The Morgan fingerprint density at radius 3 is 3.25 bits per heavy atom. The SMILES string of the molecule is O=C(N[C@H]1CCCNC1)C1=CN(c2ccnc3[nH]ccc23)CCS1. The molecular formula is C17H21N5OS. The van der Waals surface area contributed by atoms with Crippen LogP contribution in [0, 0.1) is 0 Å². The highest BCUT2D eigenvalue weighted by molar-refractivity contribution is 8.04. The van der Waals surface area contributed by atoms with Crippen molar-refractivity contribution in [3.63, 3.8) is 0 Å². The summed E-state index contributed by atoms with van der Waals surface area (Å²) in [6.07, 6.45) is 7.84. The molecule has 4 rings (SSSR count). The number of carbonyl (C=O) groups excluding carboxylic acids is 1. The summed E-state index contributed by atoms with van der Waals surface area (Å²) in [4.78, 5) is 23.0. The monoisotopic (exact) mass is 343 g/mol. The molecule has 126 valence electrons. The maximum atomic E-state index is 12.6. The third-order valence-electron chi connectivity index (χ3n) is 4.47. The van der Waals surface area contributed by atoms with Crippen molar-refractivity contribution in [2.45, 2.75) is 18.9 Å². The van der Waals surface area contributed by atoms with Crippen molar-refractivity contribution in [1.29, 1.82) is 0 Å². The van der Waals surface area contributed by atoms with Crippen LogP contribution in [0.3, 0.4) is 0 Å². The molecule has 2 aliphatic heterocycles. The number of carbonyl (C=O) groups is 1. The molecule has 0 saturated carbocycles. The first-order valence-electron chi connectivity index (χ1n) is 8.36. The first-order valence-corrected chi connectivity index (χ1v) is 9.35. The number of thioether (sulfide) groups is 1. The molecule has 24 heavy (non-hydrogen) atoms. The van der Waals surface area contributed by atoms with Gasteiger partial charge in [-0.3, -0.25) is 4.79 Å². The summed E-state index contributed by atoms with van der Waals surface area (Å²) in [6.45, 7) is 2.80. The lowest BCUT2D eigenvalue weighted by Crippen LogP contribution is -2.46. The molecule has 7 heteroatoms. The second-order valence-electron chi connectivity index (χ2n) is 6.12. The van der Waals surface area contributed by atoms with Gasteiger partial charge in [-0.05, 0) is 31.5 Å². The maximum absolute atomic E-state index is 12.6. The fourth-order valence-electron chi connectivity index (χ4n) is 3.24. The zero-order valence-corrected chi connectivity index (χ0v) is 14.2. The fraction of sp³-hybridized carbons (Fsp3) is 0.412. The van der Waals surface area contributed by atoms with E-state index in [9.17, 15) is 4.79 Å². The van der Waals surface area contributed by atoms with Crippen LogP contribution >= 0.6 is 11.8 Å². The van der Waals surface area contributed by atoms with Crippen molar-refractivity contribution in [3.05, 3.63) is 35.6 Å². The summed E-state index contributed by atoms with van der Waals surface area (Å²) in [5.41, 5.74) is 1.96. The molecule has 0 unspecified atom stereocenters. The number of aromatic nitrogens is 2. The molecular weight excluding hydrogens is 322 g/mol. The zero-order chi connectivity index (χ0) is 16.4. The standard InChI is InChI=1S/C17H21N5OS/c23-17(21-12-2-1-5-18-10-12)15-11-22(8-9-24-15)14-4-7-20-16-13(14)3-6-19-16/h3-4,6-7,11-12,18H,1-2,5,8-10H2,(H,19,20)(H,21,23)/t12-/m0/s1. The molecule has 0 radical (unpaired) electrons. The van der Waals surface area contributed by atoms with Gasteiger partial charge in [0.15, 0.2) is 0 Å². The van der Waals surface area contributed by atoms with E-state index in [1.54, 1.807) is 18.0 Å². The van der Waals surface area contributed by atoms with E-state index < -0.39 is 0 Å². The first-order chi connectivity index (χ1) is 11.8. The number of hydrogen-bond donors (Lipinski definition) is 3. The second kappa shape index (κ2) is 6.86. The number of amides is 1. The molecule has 1 fully saturated rings. The maximum Gasteiger partial charge on any atom is 0.259 e. The molecule has 2 aromatic heterocycles. The molecule has 3 N–H and O–H groups in total. The van der Waals surface area contributed by atoms with Gasteiger partial charge in [0.05, 0.1) is 10.6 Å². The number of hydrogen-bond acceptors (Lipinski definition) is 5. The molecule has 0 aromatic carbocycles. The van der Waals surface area contributed by atoms with Crippen LogP contribution in [0.2, 0.25) is 0 Å². The molecule has 0 aliphatic carbocycles. The van der Waals surface area contributed by atoms with E-state index in [0.29, 0.717) is 0 Å². The van der Waals surface area contributed by atoms with E-state index in [1.807, 2.05) is 24.5 Å². The minimum Gasteiger partial charge on any atom is -0.348 e. The van der Waals surface area contributed by atoms with Crippen LogP contribution in [0.25, 0.3) is 11.0 Å². The molecule has 0 spiro atoms. The van der Waals surface area contributed by atoms with Gasteiger partial charge >= 0.3 is 0 Å². The molecule has 0 bridgehead atoms. The van der Waals surface area contributed by atoms with Crippen LogP contribution < -0.4 is 15.5 Å². The Morgan fingerprint density at radius 2 is 2.38 bits per heavy atom. The van der Waals surface area contributed by atoms with Crippen molar-refractivity contribution in [2.75, 3.05) is 30.3 Å². The van der Waals surface area contributed by atoms with E-state index in [0.717, 1.165) is 59.9 Å². The van der Waals surface area contributed by atoms with Crippen LogP contribution in [0.5, 0.6) is 0 Å². The molecule has 6 nitrogen and oxygen atoms in total. The summed E-state index contributed by atoms with van der Waals surface area (Å²) in [5.74, 6) is 0.939. The summed E-state index contributed by atoms with van der Waals surface area (Å²) in [5, 5.41) is 7.57. The third kappa shape index (κ3) is 3.14. The van der Waals surface area contributed by atoms with Gasteiger partial charge in [-0.25, -0.2) is 4.98 Å². The van der Waals surface area contributed by atoms with Crippen molar-refractivity contribution < 1.29 is 4.79 Å². The van der Waals surface area contributed by atoms with Crippen molar-refractivity contribution >= 4 is 34.4 Å². The molecule has 1 saturated heterocycles. The Labute approximate surface area is 145 Å². The van der Waals surface area contributed by atoms with Crippen LogP contribution in [0.15, 0.2) is 35.6 Å². The number of nitrogens with zero attached hydrogens (tertiary/aromatic N) is 2. The number of aromatic amines is 1. The van der Waals surface area contributed by atoms with E-state index in [2.05, 4.69) is 25.5 Å². The summed E-state index contributed by atoms with van der Waals surface area (Å²) >= 11 is 1.63. The van der Waals surface area contributed by atoms with Gasteiger partial charge in [0, 0.05) is 48.9 Å². The largest absolute Gasteiger partial charge is 0.348 e. The van der Waals surface area contributed by atoms with Crippen molar-refractivity contribution in [3.8, 4) is 0 Å². The number of piperidine rings is 1. The van der Waals surface area contributed by atoms with E-state index in [1.165, 1.54) is 0 Å². The lowest BCUT2D eigenvalue weighted by molar-refractivity contribution is -0.117. The van der Waals surface area contributed by atoms with Crippen LogP contribution in [-0.4, -0.2) is 47.3 Å². The summed E-state index contributed by atoms with van der Waals surface area (Å²) in [6, 6.07) is 4.27. The average Bonchev–Trinajstić information content (AvgIpc) is 3.11. The number of anilines is 1. The van der Waals surface area contributed by atoms with Gasteiger partial charge in [-0.15, -0.1) is 11.8 Å². The van der Waals surface area contributed by atoms with Crippen molar-refractivity contribution in [1.82, 2.24) is 20.6 Å².